The number of ether oxygens (including phenoxy) is 3. The largest absolute Gasteiger partial charge is 0.496 e. The van der Waals surface area contributed by atoms with Gasteiger partial charge in [0.05, 0.1) is 62.6 Å². The minimum Gasteiger partial charge on any atom is -0.496 e. The molecule has 3 fully saturated rings. The Labute approximate surface area is 569 Å². The lowest BCUT2D eigenvalue weighted by molar-refractivity contribution is -0.204. The molecule has 2 aromatic carbocycles. The molecule has 6 heterocycles. The standard InChI is InChI=1S/C66H91N11O18S2/c1-7-62(91)31-36-32-65(59(89)94-6,52-40(16-21-76(33-36)35-62)39-13-9-10-14-43(39)71-52)42-28-41-46(30-49(42)93-5)75(4)56-64(41)18-22-77-20-12-17-63(8-2,55(64)77)57(87)66(56,92)58(88)73-74-61(90)95-23-24-96-97-34-38(54(85)86)26-48(79)45(29-51(82)83)72-53(84)37(27-50(80)81)25-47(78)44(69-3)15-11-19-70-60(67)68/h9-10,12-14,17,28,30,36-38,44-45,55-57,69,71,87,91-92H,7-8,11,15-16,18-27,29,31-35H2,1-6H3,(H,72,84)(H,73,88)(H,74,90)(H,80,81)(H,82,83)(H,85,86)(H4,67,68,70)/t36-,37+,38+,44+,45+,55+,56-,57-,62+,63-,64-,65+,66+/m1/s1. The van der Waals surface area contributed by atoms with Crippen LogP contribution in [0.5, 0.6) is 5.75 Å². The Hall–Kier alpha value is -7.52. The van der Waals surface area contributed by atoms with Gasteiger partial charge in [-0.25, -0.2) is 10.2 Å². The number of esters is 1. The third-order valence-electron chi connectivity index (χ3n) is 21.1. The number of fused-ring (bicyclic) bond motifs is 6. The fourth-order valence-corrected chi connectivity index (χ4v) is 18.9. The maximum Gasteiger partial charge on any atom is 0.426 e. The zero-order valence-corrected chi connectivity index (χ0v) is 57.0. The topological polar surface area (TPSA) is 438 Å². The molecule has 1 unspecified atom stereocenters. The fraction of sp³-hybridized carbons (Fsp3) is 0.606. The van der Waals surface area contributed by atoms with E-state index in [0.29, 0.717) is 93.1 Å². The summed E-state index contributed by atoms with van der Waals surface area (Å²) in [7, 11) is 8.14. The van der Waals surface area contributed by atoms with Crippen molar-refractivity contribution in [2.45, 2.75) is 143 Å². The van der Waals surface area contributed by atoms with Gasteiger partial charge in [0, 0.05) is 115 Å². The second-order valence-corrected chi connectivity index (χ2v) is 29.2. The van der Waals surface area contributed by atoms with Crippen molar-refractivity contribution >= 4 is 97.5 Å². The smallest absolute Gasteiger partial charge is 0.426 e. The molecular formula is C66H91N11O18S2. The molecule has 5 aliphatic heterocycles. The number of methoxy groups -OCH3 is 2. The highest BCUT2D eigenvalue weighted by Crippen LogP contribution is 2.68. The van der Waals surface area contributed by atoms with Gasteiger partial charge in [-0.15, -0.1) is 0 Å². The first-order valence-corrected chi connectivity index (χ1v) is 35.3. The van der Waals surface area contributed by atoms with Gasteiger partial charge >= 0.3 is 30.0 Å². The predicted octanol–water partition coefficient (Wildman–Crippen LogP) is 1.91. The first kappa shape index (κ1) is 73.7. The number of nitrogens with one attached hydrogen (secondary N) is 7. The van der Waals surface area contributed by atoms with Gasteiger partial charge < -0.3 is 76.4 Å². The number of carbonyl (C=O) groups excluding carboxylic acids is 6. The van der Waals surface area contributed by atoms with E-state index >= 15 is 9.59 Å². The first-order chi connectivity index (χ1) is 46.1. The number of carboxylic acid groups (broad SMARTS) is 3. The number of piperidine rings is 1. The summed E-state index contributed by atoms with van der Waals surface area (Å²) >= 11 is 0. The molecular weight excluding hydrogens is 1300 g/mol. The van der Waals surface area contributed by atoms with Crippen LogP contribution in [0.2, 0.25) is 0 Å². The number of carbonyl (C=O) groups is 9. The fourth-order valence-electron chi connectivity index (χ4n) is 16.8. The number of guanidine groups is 1. The number of likely N-dealkylation sites (N-methyl/N-ethyl adjacent to an activating group) is 2. The molecule has 14 atom stereocenters. The number of aromatic nitrogens is 1. The molecule has 1 saturated carbocycles. The Balaban J connectivity index is 0.899. The van der Waals surface area contributed by atoms with Crippen molar-refractivity contribution in [3.8, 4) is 5.75 Å². The Morgan fingerprint density at radius 3 is 2.27 bits per heavy atom. The van der Waals surface area contributed by atoms with Crippen LogP contribution >= 0.6 is 21.6 Å². The number of aliphatic carboxylic acids is 3. The Morgan fingerprint density at radius 2 is 1.60 bits per heavy atom. The van der Waals surface area contributed by atoms with Crippen LogP contribution in [0, 0.1) is 28.6 Å². The third kappa shape index (κ3) is 14.3. The van der Waals surface area contributed by atoms with Gasteiger partial charge in [0.1, 0.15) is 23.9 Å². The summed E-state index contributed by atoms with van der Waals surface area (Å²) < 4.78 is 17.7. The third-order valence-corrected chi connectivity index (χ3v) is 23.5. The number of hydrogen-bond acceptors (Lipinski definition) is 22. The monoisotopic (exact) mass is 1390 g/mol. The minimum absolute atomic E-state index is 0.0430. The summed E-state index contributed by atoms with van der Waals surface area (Å²) in [5.41, 5.74) is 6.39. The summed E-state index contributed by atoms with van der Waals surface area (Å²) in [6.07, 6.45) is 0.682. The highest BCUT2D eigenvalue weighted by Gasteiger charge is 2.79. The molecule has 2 saturated heterocycles. The second kappa shape index (κ2) is 30.3. The van der Waals surface area contributed by atoms with Gasteiger partial charge in [-0.05, 0) is 94.1 Å². The molecule has 0 radical (unpaired) electrons. The van der Waals surface area contributed by atoms with E-state index < -0.39 is 149 Å². The van der Waals surface area contributed by atoms with E-state index in [4.69, 9.17) is 25.4 Å². The molecule has 1 aliphatic carbocycles. The Bertz CT molecular complexity index is 3560. The van der Waals surface area contributed by atoms with E-state index in [-0.39, 0.29) is 55.8 Å². The maximum absolute atomic E-state index is 15.6. The SMILES string of the molecule is CC[C@]1(O)C[C@H]2CN(CCc3c([nH]c4ccccc34)[C@@](C(=O)OC)(c3cc4c(cc3OC)N(C)[C@H]3[C@@](O)(C(=O)NNC(=O)OCCSSC[C@H](CC(=O)[C@H](CC(=O)O)NC(=O)[C@H](CC(=O)O)CC(=O)[C@H](CCCNC(=N)N)NC)C(=O)O)[C@H](O)[C@]5(CC)C=CCN6CC[C@]43[C@@H]65)C2)C1. The lowest BCUT2D eigenvalue weighted by Gasteiger charge is -2.63. The summed E-state index contributed by atoms with van der Waals surface area (Å²) in [4.78, 5) is 131. The highest BCUT2D eigenvalue weighted by molar-refractivity contribution is 8.76. The minimum atomic E-state index is -2.68. The van der Waals surface area contributed by atoms with E-state index in [1.165, 1.54) is 21.3 Å². The number of ketones is 2. The van der Waals surface area contributed by atoms with E-state index in [0.717, 1.165) is 38.1 Å². The Morgan fingerprint density at radius 1 is 0.876 bits per heavy atom. The van der Waals surface area contributed by atoms with E-state index in [1.807, 2.05) is 62.4 Å². The van der Waals surface area contributed by atoms with Crippen LogP contribution in [0.4, 0.5) is 10.5 Å². The molecule has 15 N–H and O–H groups in total. The van der Waals surface area contributed by atoms with Gasteiger partial charge in [0.15, 0.2) is 23.1 Å². The van der Waals surface area contributed by atoms with Gasteiger partial charge in [0.2, 0.25) is 5.91 Å². The van der Waals surface area contributed by atoms with Crippen LogP contribution in [0.3, 0.4) is 0 Å². The number of carboxylic acids is 3. The number of benzene rings is 2. The van der Waals surface area contributed by atoms with Crippen molar-refractivity contribution in [3.05, 3.63) is 70.9 Å². The average Bonchev–Trinajstić information content (AvgIpc) is 1.50. The van der Waals surface area contributed by atoms with E-state index in [2.05, 4.69) is 41.6 Å². The van der Waals surface area contributed by atoms with Crippen molar-refractivity contribution in [1.82, 2.24) is 41.6 Å². The normalized spacial score (nSPS) is 28.1. The number of H-pyrrole nitrogens is 1. The number of anilines is 1. The Kier molecular flexibility index (Phi) is 23.0. The molecule has 3 amide bonds. The van der Waals surface area contributed by atoms with Gasteiger partial charge in [-0.1, -0.05) is 65.8 Å². The number of para-hydroxylation sites is 1. The highest BCUT2D eigenvalue weighted by atomic mass is 33.1. The summed E-state index contributed by atoms with van der Waals surface area (Å²) in [6.45, 7) is 6.55. The number of rotatable bonds is 30. The zero-order valence-electron chi connectivity index (χ0n) is 55.4. The van der Waals surface area contributed by atoms with Gasteiger partial charge in [0.25, 0.3) is 5.91 Å². The van der Waals surface area contributed by atoms with Crippen LogP contribution in [0.1, 0.15) is 107 Å². The number of amides is 3. The van der Waals surface area contributed by atoms with Crippen molar-refractivity contribution in [3.63, 3.8) is 0 Å². The van der Waals surface area contributed by atoms with Crippen molar-refractivity contribution in [2.24, 2.45) is 28.9 Å². The van der Waals surface area contributed by atoms with Crippen molar-refractivity contribution in [2.75, 3.05) is 90.6 Å². The average molecular weight is 1390 g/mol. The molecule has 31 heteroatoms. The molecule has 6 aliphatic rings. The number of aromatic amines is 1. The lowest BCUT2D eigenvalue weighted by atomic mass is 9.47. The number of hydrazine groups is 1. The number of nitrogens with zero attached hydrogens (tertiary/aromatic N) is 3. The van der Waals surface area contributed by atoms with Crippen molar-refractivity contribution < 1.29 is 88.0 Å². The number of Topliss-reactive ketones (excluding diaryl/α,β-unsaturated/α-hetero) is 2. The maximum atomic E-state index is 15.6. The molecule has 1 aromatic heterocycles. The molecule has 2 bridgehead atoms. The second-order valence-electron chi connectivity index (χ2n) is 26.6. The zero-order chi connectivity index (χ0) is 70.5. The molecule has 9 rings (SSSR count). The van der Waals surface area contributed by atoms with Crippen LogP contribution in [0.15, 0.2) is 48.6 Å². The summed E-state index contributed by atoms with van der Waals surface area (Å²) in [6, 6.07) is 7.41. The molecule has 97 heavy (non-hydrogen) atoms. The molecule has 530 valence electrons. The van der Waals surface area contributed by atoms with Crippen molar-refractivity contribution in [1.29, 1.82) is 5.41 Å². The summed E-state index contributed by atoms with van der Waals surface area (Å²) in [5.74, 6) is -12.0. The quantitative estimate of drug-likeness (QED) is 0.00862. The van der Waals surface area contributed by atoms with Crippen LogP contribution < -0.4 is 42.2 Å². The van der Waals surface area contributed by atoms with Crippen LogP contribution in [-0.4, -0.2) is 232 Å². The lowest BCUT2D eigenvalue weighted by Crippen LogP contribution is -2.82. The van der Waals surface area contributed by atoms with Crippen LogP contribution in [0.25, 0.3) is 10.9 Å². The van der Waals surface area contributed by atoms with E-state index in [1.54, 1.807) is 11.9 Å². The van der Waals surface area contributed by atoms with Gasteiger partial charge in [-0.3, -0.25) is 59.0 Å². The molecule has 3 aromatic rings. The number of aliphatic hydroxyl groups is 3. The predicted molar refractivity (Wildman–Crippen MR) is 359 cm³/mol. The number of nitrogens with two attached hydrogens (primary N) is 1. The number of hydrogen-bond donors (Lipinski definition) is 14. The molecule has 1 spiro atoms. The van der Waals surface area contributed by atoms with Gasteiger partial charge in [-0.2, -0.15) is 0 Å². The van der Waals surface area contributed by atoms with E-state index in [9.17, 15) is 64.2 Å². The summed E-state index contributed by atoms with van der Waals surface area (Å²) in [5, 5.41) is 84.0. The number of aliphatic hydroxyl groups excluding tert-OH is 1. The first-order valence-electron chi connectivity index (χ1n) is 32.8. The molecule has 29 nitrogen and oxygen atoms in total. The van der Waals surface area contributed by atoms with Crippen LogP contribution in [-0.2, 0) is 65.1 Å².